The Hall–Kier alpha value is 0.714. The monoisotopic (exact) mass is 588 g/mol. The van der Waals surface area contributed by atoms with Gasteiger partial charge in [-0.3, -0.25) is 0 Å². The van der Waals surface area contributed by atoms with Gasteiger partial charge in [0.05, 0.1) is 0 Å². The van der Waals surface area contributed by atoms with Crippen molar-refractivity contribution in [3.05, 3.63) is 23.7 Å². The minimum atomic E-state index is 0. The topological polar surface area (TPSA) is 0 Å². The van der Waals surface area contributed by atoms with Gasteiger partial charge in [0.15, 0.2) is 0 Å². The summed E-state index contributed by atoms with van der Waals surface area (Å²) in [7, 11) is 0. The van der Waals surface area contributed by atoms with Crippen LogP contribution in [0.3, 0.4) is 0 Å². The van der Waals surface area contributed by atoms with Gasteiger partial charge in [0.25, 0.3) is 0 Å². The molecule has 41 heavy (non-hydrogen) atoms. The summed E-state index contributed by atoms with van der Waals surface area (Å²) in [6.45, 7) is 0. The van der Waals surface area contributed by atoms with E-state index >= 15 is 0 Å². The van der Waals surface area contributed by atoms with E-state index in [1.165, 1.54) is 77.0 Å². The molecule has 0 radical (unpaired) electrons. The first-order chi connectivity index (χ1) is 19.6. The smallest absolute Gasteiger partial charge is 0.313 e. The second-order valence-corrected chi connectivity index (χ2v) is 18.7. The predicted octanol–water partition coefficient (Wildman–Crippen LogP) is 11.2. The number of hydrogen-bond acceptors (Lipinski definition) is 0. The van der Waals surface area contributed by atoms with Gasteiger partial charge in [0.1, 0.15) is 0 Å². The molecule has 16 saturated carbocycles. The molecule has 0 aliphatic heterocycles. The summed E-state index contributed by atoms with van der Waals surface area (Å²) in [6, 6.07) is 0. The Morgan fingerprint density at radius 2 is 0.293 bits per heavy atom. The van der Waals surface area contributed by atoms with Crippen LogP contribution >= 0.6 is 0 Å². The van der Waals surface area contributed by atoms with Gasteiger partial charge in [0, 0.05) is 0 Å². The quantitative estimate of drug-likeness (QED) is 0.195. The standard InChI is InChI=1S/4C10H15.Ti/c4*1-7-2-9-4-8(1)5-10(3-7)6-9;/h4*7-9H,1-6H2;/q4*-1;+4. The zero-order chi connectivity index (χ0) is 26.2. The van der Waals surface area contributed by atoms with E-state index in [1.807, 2.05) is 23.7 Å². The normalized spacial score (nSPS) is 50.9. The van der Waals surface area contributed by atoms with Crippen molar-refractivity contribution in [2.75, 3.05) is 0 Å². The maximum absolute atomic E-state index is 1.93. The van der Waals surface area contributed by atoms with Crippen LogP contribution in [0.5, 0.6) is 0 Å². The van der Waals surface area contributed by atoms with Crippen molar-refractivity contribution in [2.24, 2.45) is 71.0 Å². The summed E-state index contributed by atoms with van der Waals surface area (Å²) in [5.41, 5.74) is 0. The summed E-state index contributed by atoms with van der Waals surface area (Å²) in [4.78, 5) is 0. The maximum atomic E-state index is 1.93. The van der Waals surface area contributed by atoms with Crippen molar-refractivity contribution in [3.8, 4) is 0 Å². The fourth-order valence-corrected chi connectivity index (χ4v) is 14.7. The van der Waals surface area contributed by atoms with Crippen LogP contribution in [-0.4, -0.2) is 0 Å². The second-order valence-electron chi connectivity index (χ2n) is 18.7. The largest absolute Gasteiger partial charge is 4.00 e. The van der Waals surface area contributed by atoms with Crippen molar-refractivity contribution >= 4 is 0 Å². The maximum Gasteiger partial charge on any atom is 4.00 e. The van der Waals surface area contributed by atoms with E-state index in [4.69, 9.17) is 0 Å². The van der Waals surface area contributed by atoms with Gasteiger partial charge >= 0.3 is 21.7 Å². The van der Waals surface area contributed by atoms with E-state index in [9.17, 15) is 0 Å². The Labute approximate surface area is 269 Å². The average Bonchev–Trinajstić information content (AvgIpc) is 2.87. The van der Waals surface area contributed by atoms with Crippen molar-refractivity contribution < 1.29 is 21.7 Å². The molecule has 16 aliphatic carbocycles. The zero-order valence-electron chi connectivity index (χ0n) is 26.4. The SMILES string of the molecule is C1[C-]2CC3CC1CC(C2)C3.C1[C-]2CC3CC1CC(C2)C3.C1[C-]2CC3CC1CC(C2)C3.C1[C-]2CC3CC1CC(C2)C3.[Ti+4]. The minimum absolute atomic E-state index is 0. The number of rotatable bonds is 0. The van der Waals surface area contributed by atoms with Crippen molar-refractivity contribution in [2.45, 2.75) is 154 Å². The minimum Gasteiger partial charge on any atom is -0.313 e. The van der Waals surface area contributed by atoms with E-state index in [2.05, 4.69) is 0 Å². The molecule has 0 aromatic carbocycles. The molecule has 0 spiro atoms. The number of hydrogen-bond donors (Lipinski definition) is 0. The van der Waals surface area contributed by atoms with E-state index in [1.54, 1.807) is 77.0 Å². The zero-order valence-corrected chi connectivity index (χ0v) is 28.0. The van der Waals surface area contributed by atoms with E-state index in [-0.39, 0.29) is 21.7 Å². The van der Waals surface area contributed by atoms with E-state index in [0.717, 1.165) is 71.0 Å². The molecule has 16 fully saturated rings. The summed E-state index contributed by atoms with van der Waals surface area (Å²) in [5.74, 6) is 21.4. The van der Waals surface area contributed by atoms with Crippen molar-refractivity contribution in [1.29, 1.82) is 0 Å². The first kappa shape index (κ1) is 29.1. The molecular weight excluding hydrogens is 528 g/mol. The molecule has 16 aliphatic rings. The summed E-state index contributed by atoms with van der Waals surface area (Å²) >= 11 is 0. The first-order valence-corrected chi connectivity index (χ1v) is 18.9. The van der Waals surface area contributed by atoms with E-state index in [0.29, 0.717) is 0 Å². The molecule has 0 aromatic rings. The second kappa shape index (κ2) is 12.1. The molecule has 0 saturated heterocycles. The molecule has 1 heteroatoms. The van der Waals surface area contributed by atoms with E-state index < -0.39 is 0 Å². The Morgan fingerprint density at radius 3 is 0.366 bits per heavy atom. The Bertz CT molecular complexity index is 517. The fraction of sp³-hybridized carbons (Fsp3) is 0.900. The summed E-state index contributed by atoms with van der Waals surface area (Å²) < 4.78 is 0. The predicted molar refractivity (Wildman–Crippen MR) is 166 cm³/mol. The van der Waals surface area contributed by atoms with Gasteiger partial charge in [0.2, 0.25) is 0 Å². The van der Waals surface area contributed by atoms with Gasteiger partial charge in [-0.05, 0) is 0 Å². The molecule has 0 atom stereocenters. The third-order valence-corrected chi connectivity index (χ3v) is 14.9. The van der Waals surface area contributed by atoms with Crippen LogP contribution in [0, 0.1) is 94.7 Å². The molecule has 0 heterocycles. The van der Waals surface area contributed by atoms with Crippen LogP contribution in [-0.2, 0) is 21.7 Å². The molecule has 16 rings (SSSR count). The molecule has 0 amide bonds. The van der Waals surface area contributed by atoms with Gasteiger partial charge < -0.3 is 23.7 Å². The molecule has 0 N–H and O–H groups in total. The first-order valence-electron chi connectivity index (χ1n) is 18.9. The third kappa shape index (κ3) is 6.52. The molecule has 0 unspecified atom stereocenters. The Balaban J connectivity index is 0.0000000826. The Morgan fingerprint density at radius 1 is 0.195 bits per heavy atom. The van der Waals surface area contributed by atoms with Crippen LogP contribution < -0.4 is 0 Å². The molecule has 224 valence electrons. The van der Waals surface area contributed by atoms with Gasteiger partial charge in [-0.2, -0.15) is 77.0 Å². The van der Waals surface area contributed by atoms with Crippen LogP contribution in [0.2, 0.25) is 0 Å². The third-order valence-electron chi connectivity index (χ3n) is 14.9. The summed E-state index contributed by atoms with van der Waals surface area (Å²) in [5, 5.41) is 0. The molecule has 16 bridgehead atoms. The molecular formula is C40H60Ti. The van der Waals surface area contributed by atoms with Crippen LogP contribution in [0.25, 0.3) is 0 Å². The van der Waals surface area contributed by atoms with Gasteiger partial charge in [-0.15, -0.1) is 0 Å². The summed E-state index contributed by atoms with van der Waals surface area (Å²) in [6.07, 6.45) is 37.2. The van der Waals surface area contributed by atoms with Crippen molar-refractivity contribution in [1.82, 2.24) is 0 Å². The van der Waals surface area contributed by atoms with Crippen LogP contribution in [0.4, 0.5) is 0 Å². The van der Waals surface area contributed by atoms with Crippen LogP contribution in [0.15, 0.2) is 0 Å². The van der Waals surface area contributed by atoms with Crippen LogP contribution in [0.1, 0.15) is 154 Å². The van der Waals surface area contributed by atoms with Gasteiger partial charge in [-0.1, -0.05) is 148 Å². The molecule has 0 aromatic heterocycles. The Kier molecular flexibility index (Phi) is 8.63. The van der Waals surface area contributed by atoms with Gasteiger partial charge in [-0.25, -0.2) is 0 Å². The molecule has 0 nitrogen and oxygen atoms in total. The average molecular weight is 589 g/mol. The van der Waals surface area contributed by atoms with Crippen molar-refractivity contribution in [3.63, 3.8) is 0 Å². The fourth-order valence-electron chi connectivity index (χ4n) is 14.7.